The Kier molecular flexibility index (Phi) is 3.71. The largest absolute Gasteiger partial charge is 0.448 e. The Morgan fingerprint density at radius 3 is 2.53 bits per heavy atom. The molecule has 1 rings (SSSR count). The van der Waals surface area contributed by atoms with Crippen LogP contribution < -0.4 is 0 Å². The number of carbonyl (C=O) groups excluding carboxylic acids is 1. The molecule has 4 nitrogen and oxygen atoms in total. The van der Waals surface area contributed by atoms with Crippen molar-refractivity contribution < 1.29 is 17.9 Å². The number of hydrogen-bond acceptors (Lipinski definition) is 4. The Morgan fingerprint density at radius 1 is 1.40 bits per heavy atom. The average molecular weight is 249 g/mol. The van der Waals surface area contributed by atoms with Gasteiger partial charge in [-0.1, -0.05) is 23.7 Å². The van der Waals surface area contributed by atoms with Crippen LogP contribution in [-0.2, 0) is 19.4 Å². The van der Waals surface area contributed by atoms with Gasteiger partial charge in [-0.05, 0) is 19.1 Å². The number of benzene rings is 1. The normalized spacial score (nSPS) is 13.2. The first-order valence-corrected chi connectivity index (χ1v) is 6.00. The summed E-state index contributed by atoms with van der Waals surface area (Å²) in [6, 6.07) is 5.99. The van der Waals surface area contributed by atoms with Crippen molar-refractivity contribution in [3.05, 3.63) is 29.3 Å². The maximum atomic E-state index is 11.8. The Morgan fingerprint density at radius 2 is 2.00 bits per heavy atom. The highest BCUT2D eigenvalue weighted by Gasteiger charge is 2.26. The Hall–Kier alpha value is -1.07. The summed E-state index contributed by atoms with van der Waals surface area (Å²) in [5.74, 6) is 0. The summed E-state index contributed by atoms with van der Waals surface area (Å²) in [7, 11) is -3.72. The van der Waals surface area contributed by atoms with Gasteiger partial charge in [-0.2, -0.15) is 0 Å². The van der Waals surface area contributed by atoms with E-state index in [1.54, 1.807) is 12.1 Å². The van der Waals surface area contributed by atoms with Crippen LogP contribution in [0.2, 0.25) is 5.02 Å². The van der Waals surface area contributed by atoms with Gasteiger partial charge in [0.05, 0.1) is 9.92 Å². The van der Waals surface area contributed by atoms with Crippen LogP contribution in [0.4, 0.5) is 0 Å². The quantitative estimate of drug-likeness (QED) is 0.760. The number of hydrogen-bond donors (Lipinski definition) is 0. The van der Waals surface area contributed by atoms with Gasteiger partial charge in [0.15, 0.2) is 0 Å². The molecule has 0 bridgehead atoms. The van der Waals surface area contributed by atoms with E-state index in [4.69, 9.17) is 11.6 Å². The molecule has 1 unspecified atom stereocenters. The molecule has 0 aliphatic carbocycles. The second-order valence-corrected chi connectivity index (χ2v) is 5.38. The first-order chi connectivity index (χ1) is 7.00. The summed E-state index contributed by atoms with van der Waals surface area (Å²) in [5, 5.41) is 0.110. The fraction of sp³-hybridized carbons (Fsp3) is 0.222. The Labute approximate surface area is 92.7 Å². The molecular weight excluding hydrogens is 240 g/mol. The van der Waals surface area contributed by atoms with Gasteiger partial charge >= 0.3 is 0 Å². The Balaban J connectivity index is 3.17. The van der Waals surface area contributed by atoms with Crippen LogP contribution in [0.3, 0.4) is 0 Å². The van der Waals surface area contributed by atoms with Crippen molar-refractivity contribution in [3.8, 4) is 0 Å². The molecule has 1 aromatic carbocycles. The third-order valence-corrected chi connectivity index (χ3v) is 4.22. The minimum atomic E-state index is -3.72. The van der Waals surface area contributed by atoms with Gasteiger partial charge in [0.1, 0.15) is 0 Å². The first kappa shape index (κ1) is 12.0. The maximum absolute atomic E-state index is 11.8. The number of halogens is 1. The third-order valence-electron chi connectivity index (χ3n) is 1.83. The standard InChI is InChI=1S/C9H9ClO4S/c1-7(14-6-11)15(12,13)9-5-3-2-4-8(9)10/h2-7H,1H3. The fourth-order valence-corrected chi connectivity index (χ4v) is 2.62. The van der Waals surface area contributed by atoms with Gasteiger partial charge in [0.25, 0.3) is 6.47 Å². The summed E-state index contributed by atoms with van der Waals surface area (Å²) in [6.07, 6.45) is 0. The van der Waals surface area contributed by atoms with Crippen LogP contribution in [0.15, 0.2) is 29.2 Å². The smallest absolute Gasteiger partial charge is 0.294 e. The zero-order valence-corrected chi connectivity index (χ0v) is 9.46. The van der Waals surface area contributed by atoms with Gasteiger partial charge in [-0.3, -0.25) is 4.79 Å². The van der Waals surface area contributed by atoms with E-state index < -0.39 is 15.3 Å². The van der Waals surface area contributed by atoms with Crippen molar-refractivity contribution in [1.29, 1.82) is 0 Å². The molecular formula is C9H9ClO4S. The lowest BCUT2D eigenvalue weighted by atomic mass is 10.4. The Bertz CT molecular complexity index is 455. The van der Waals surface area contributed by atoms with E-state index in [0.717, 1.165) is 0 Å². The predicted octanol–water partition coefficient (Wildman–Crippen LogP) is 1.63. The third kappa shape index (κ3) is 2.49. The van der Waals surface area contributed by atoms with Gasteiger partial charge in [-0.15, -0.1) is 0 Å². The van der Waals surface area contributed by atoms with Crippen molar-refractivity contribution in [2.24, 2.45) is 0 Å². The van der Waals surface area contributed by atoms with Crippen molar-refractivity contribution in [1.82, 2.24) is 0 Å². The van der Waals surface area contributed by atoms with Crippen LogP contribution in [0.5, 0.6) is 0 Å². The van der Waals surface area contributed by atoms with Gasteiger partial charge in [-0.25, -0.2) is 8.42 Å². The van der Waals surface area contributed by atoms with E-state index in [2.05, 4.69) is 4.74 Å². The summed E-state index contributed by atoms with van der Waals surface area (Å²) in [5.41, 5.74) is -1.24. The van der Waals surface area contributed by atoms with Crippen LogP contribution in [0.25, 0.3) is 0 Å². The minimum absolute atomic E-state index is 0.0407. The van der Waals surface area contributed by atoms with Gasteiger partial charge in [0, 0.05) is 0 Å². The molecule has 0 aliphatic heterocycles. The zero-order valence-electron chi connectivity index (χ0n) is 7.88. The number of ether oxygens (including phenoxy) is 1. The molecule has 0 spiro atoms. The molecule has 0 aromatic heterocycles. The van der Waals surface area contributed by atoms with Gasteiger partial charge in [0.2, 0.25) is 15.3 Å². The molecule has 0 fully saturated rings. The molecule has 0 N–H and O–H groups in total. The predicted molar refractivity (Wildman–Crippen MR) is 55.2 cm³/mol. The molecule has 1 atom stereocenters. The van der Waals surface area contributed by atoms with E-state index in [0.29, 0.717) is 0 Å². The number of carbonyl (C=O) groups is 1. The van der Waals surface area contributed by atoms with E-state index in [1.165, 1.54) is 19.1 Å². The summed E-state index contributed by atoms with van der Waals surface area (Å²) in [4.78, 5) is 10.0. The van der Waals surface area contributed by atoms with E-state index in [-0.39, 0.29) is 16.4 Å². The molecule has 1 aromatic rings. The van der Waals surface area contributed by atoms with Crippen LogP contribution in [0.1, 0.15) is 6.92 Å². The van der Waals surface area contributed by atoms with E-state index >= 15 is 0 Å². The molecule has 0 radical (unpaired) electrons. The summed E-state index contributed by atoms with van der Waals surface area (Å²) < 4.78 is 27.9. The monoisotopic (exact) mass is 248 g/mol. The lowest BCUT2D eigenvalue weighted by Gasteiger charge is -2.11. The van der Waals surface area contributed by atoms with Crippen LogP contribution in [0, 0.1) is 0 Å². The molecule has 0 heterocycles. The molecule has 15 heavy (non-hydrogen) atoms. The average Bonchev–Trinajstić information content (AvgIpc) is 2.18. The topological polar surface area (TPSA) is 60.4 Å². The number of sulfone groups is 1. The molecule has 0 amide bonds. The van der Waals surface area contributed by atoms with Crippen molar-refractivity contribution in [3.63, 3.8) is 0 Å². The highest BCUT2D eigenvalue weighted by molar-refractivity contribution is 7.92. The maximum Gasteiger partial charge on any atom is 0.294 e. The lowest BCUT2D eigenvalue weighted by molar-refractivity contribution is -0.129. The van der Waals surface area contributed by atoms with E-state index in [1.807, 2.05) is 0 Å². The SMILES string of the molecule is CC(OC=O)S(=O)(=O)c1ccccc1Cl. The second-order valence-electron chi connectivity index (χ2n) is 2.78. The highest BCUT2D eigenvalue weighted by atomic mass is 35.5. The fourth-order valence-electron chi connectivity index (χ4n) is 1.01. The minimum Gasteiger partial charge on any atom is -0.448 e. The summed E-state index contributed by atoms with van der Waals surface area (Å²) >= 11 is 5.73. The summed E-state index contributed by atoms with van der Waals surface area (Å²) in [6.45, 7) is 1.37. The molecule has 82 valence electrons. The number of rotatable bonds is 4. The molecule has 0 aliphatic rings. The van der Waals surface area contributed by atoms with E-state index in [9.17, 15) is 13.2 Å². The highest BCUT2D eigenvalue weighted by Crippen LogP contribution is 2.24. The van der Waals surface area contributed by atoms with Crippen molar-refractivity contribution in [2.75, 3.05) is 0 Å². The lowest BCUT2D eigenvalue weighted by Crippen LogP contribution is -2.21. The van der Waals surface area contributed by atoms with Crippen molar-refractivity contribution in [2.45, 2.75) is 17.3 Å². The van der Waals surface area contributed by atoms with Crippen LogP contribution in [-0.4, -0.2) is 20.3 Å². The van der Waals surface area contributed by atoms with Crippen molar-refractivity contribution >= 4 is 27.9 Å². The van der Waals surface area contributed by atoms with Gasteiger partial charge < -0.3 is 4.74 Å². The van der Waals surface area contributed by atoms with Crippen LogP contribution >= 0.6 is 11.6 Å². The second kappa shape index (κ2) is 4.63. The molecule has 6 heteroatoms. The zero-order chi connectivity index (χ0) is 11.5. The first-order valence-electron chi connectivity index (χ1n) is 4.07. The molecule has 0 saturated carbocycles. The molecule has 0 saturated heterocycles.